The van der Waals surface area contributed by atoms with Gasteiger partial charge in [-0.05, 0) is 38.0 Å². The topological polar surface area (TPSA) is 90.2 Å². The van der Waals surface area contributed by atoms with Crippen molar-refractivity contribution in [3.63, 3.8) is 0 Å². The summed E-state index contributed by atoms with van der Waals surface area (Å²) in [6.07, 6.45) is 4.80. The molecule has 158 valence electrons. The fourth-order valence-electron chi connectivity index (χ4n) is 5.73. The predicted octanol–water partition coefficient (Wildman–Crippen LogP) is 2.68. The Morgan fingerprint density at radius 2 is 1.93 bits per heavy atom. The molecule has 8 atom stereocenters. The van der Waals surface area contributed by atoms with E-state index >= 15 is 0 Å². The Bertz CT molecular complexity index is 801. The Morgan fingerprint density at radius 3 is 2.69 bits per heavy atom. The van der Waals surface area contributed by atoms with Crippen LogP contribution in [0, 0.1) is 28.9 Å². The number of fused-ring (bicyclic) bond motifs is 2. The van der Waals surface area contributed by atoms with Crippen molar-refractivity contribution in [2.75, 3.05) is 0 Å². The Hall–Kier alpha value is -1.74. The van der Waals surface area contributed by atoms with E-state index < -0.39 is 29.9 Å². The summed E-state index contributed by atoms with van der Waals surface area (Å²) in [6.45, 7) is 6.15. The molecular formula is C21H27NO7. The van der Waals surface area contributed by atoms with Gasteiger partial charge in [0.2, 0.25) is 12.1 Å². The molecule has 1 spiro atoms. The van der Waals surface area contributed by atoms with E-state index in [0.717, 1.165) is 25.7 Å². The van der Waals surface area contributed by atoms with Gasteiger partial charge in [0.25, 0.3) is 0 Å². The molecule has 4 saturated heterocycles. The van der Waals surface area contributed by atoms with Crippen molar-refractivity contribution in [3.05, 3.63) is 35.3 Å². The number of pyridine rings is 1. The number of carbonyl (C=O) groups excluding carboxylic acids is 1. The molecule has 1 aromatic heterocycles. The van der Waals surface area contributed by atoms with Crippen LogP contribution in [-0.4, -0.2) is 29.9 Å². The van der Waals surface area contributed by atoms with Crippen LogP contribution in [0.1, 0.15) is 56.8 Å². The second-order valence-corrected chi connectivity index (χ2v) is 9.13. The molecule has 2 unspecified atom stereocenters. The van der Waals surface area contributed by atoms with E-state index in [4.69, 9.17) is 24.0 Å². The van der Waals surface area contributed by atoms with E-state index in [1.54, 1.807) is 0 Å². The lowest BCUT2D eigenvalue weighted by molar-refractivity contribution is -0.605. The Balaban J connectivity index is 1.44. The summed E-state index contributed by atoms with van der Waals surface area (Å²) in [5.41, 5.74) is -0.380. The molecule has 0 aromatic carbocycles. The maximum Gasteiger partial charge on any atom is 0.340 e. The van der Waals surface area contributed by atoms with Gasteiger partial charge in [0.15, 0.2) is 24.3 Å². The predicted molar refractivity (Wildman–Crippen MR) is 97.6 cm³/mol. The zero-order chi connectivity index (χ0) is 20.4. The molecule has 2 bridgehead atoms. The van der Waals surface area contributed by atoms with Crippen LogP contribution < -0.4 is 4.73 Å². The van der Waals surface area contributed by atoms with Crippen LogP contribution in [-0.2, 0) is 24.0 Å². The fourth-order valence-corrected chi connectivity index (χ4v) is 5.73. The van der Waals surface area contributed by atoms with Gasteiger partial charge in [0.05, 0.1) is 5.56 Å². The molecule has 8 nitrogen and oxygen atoms in total. The van der Waals surface area contributed by atoms with Crippen LogP contribution in [0.2, 0.25) is 0 Å². The van der Waals surface area contributed by atoms with Crippen molar-refractivity contribution in [1.82, 2.24) is 0 Å². The maximum atomic E-state index is 12.6. The average molecular weight is 405 g/mol. The molecule has 6 rings (SSSR count). The summed E-state index contributed by atoms with van der Waals surface area (Å²) < 4.78 is 18.8. The van der Waals surface area contributed by atoms with Crippen LogP contribution in [0.3, 0.4) is 0 Å². The van der Waals surface area contributed by atoms with Crippen molar-refractivity contribution >= 4 is 5.97 Å². The molecule has 0 radical (unpaired) electrons. The first-order chi connectivity index (χ1) is 13.8. The summed E-state index contributed by atoms with van der Waals surface area (Å²) in [7, 11) is 0. The lowest BCUT2D eigenvalue weighted by Crippen LogP contribution is -2.70. The van der Waals surface area contributed by atoms with Crippen molar-refractivity contribution in [1.29, 1.82) is 0 Å². The Labute approximate surface area is 169 Å². The molecule has 5 fully saturated rings. The van der Waals surface area contributed by atoms with Crippen molar-refractivity contribution in [2.45, 2.75) is 70.4 Å². The minimum Gasteiger partial charge on any atom is -0.619 e. The van der Waals surface area contributed by atoms with E-state index in [1.807, 2.05) is 13.8 Å². The van der Waals surface area contributed by atoms with Gasteiger partial charge in [0, 0.05) is 30.4 Å². The number of aromatic nitrogens is 1. The lowest BCUT2D eigenvalue weighted by Gasteiger charge is -2.59. The minimum atomic E-state index is -0.867. The molecule has 5 heterocycles. The number of hydrogen-bond acceptors (Lipinski definition) is 7. The highest BCUT2D eigenvalue weighted by Gasteiger charge is 2.69. The maximum absolute atomic E-state index is 12.6. The summed E-state index contributed by atoms with van der Waals surface area (Å²) in [5.74, 6) is -0.666. The third-order valence-corrected chi connectivity index (χ3v) is 7.36. The second kappa shape index (κ2) is 6.63. The minimum absolute atomic E-state index is 0.0856. The van der Waals surface area contributed by atoms with Gasteiger partial charge in [0.1, 0.15) is 0 Å². The highest BCUT2D eigenvalue weighted by molar-refractivity contribution is 5.89. The standard InChI is InChI=1S/C21H27NO7/c1-12-4-5-16-13(2)18(25-17(23)14-7-10-22(24)11-8-14)26-19-21(16)15(12)6-9-20(3,27-19)28-29-21/h7-8,10-13,15-16,18-19H,4-6,9H2,1-3H3/t12-,13-,15?,16?,18-,19-,20-,21-/m1/s1. The summed E-state index contributed by atoms with van der Waals surface area (Å²) in [5, 5.41) is 11.2. The van der Waals surface area contributed by atoms with E-state index in [2.05, 4.69) is 6.92 Å². The van der Waals surface area contributed by atoms with Crippen LogP contribution in [0.4, 0.5) is 0 Å². The SMILES string of the molecule is C[C@@H]1CCC2[C@@H](C)[C@H](OC(=O)c3cc[n+]([O-])cc3)O[C@@H]3O[C@@]4(C)CCC1[C@@]23OO4. The summed E-state index contributed by atoms with van der Waals surface area (Å²) in [6, 6.07) is 2.87. The average Bonchev–Trinajstić information content (AvgIpc) is 2.92. The monoisotopic (exact) mass is 405 g/mol. The molecule has 8 heteroatoms. The highest BCUT2D eigenvalue weighted by atomic mass is 17.3. The van der Waals surface area contributed by atoms with Gasteiger partial charge in [-0.25, -0.2) is 14.6 Å². The van der Waals surface area contributed by atoms with E-state index in [0.29, 0.717) is 16.2 Å². The summed E-state index contributed by atoms with van der Waals surface area (Å²) in [4.78, 5) is 24.5. The fraction of sp³-hybridized carbons (Fsp3) is 0.714. The van der Waals surface area contributed by atoms with Crippen molar-refractivity contribution in [3.8, 4) is 0 Å². The van der Waals surface area contributed by atoms with E-state index in [1.165, 1.54) is 24.5 Å². The number of hydrogen-bond donors (Lipinski definition) is 0. The quantitative estimate of drug-likeness (QED) is 0.323. The number of nitrogens with zero attached hydrogens (tertiary/aromatic N) is 1. The van der Waals surface area contributed by atoms with E-state index in [9.17, 15) is 10.0 Å². The van der Waals surface area contributed by atoms with Gasteiger partial charge >= 0.3 is 5.97 Å². The smallest absolute Gasteiger partial charge is 0.340 e. The molecular weight excluding hydrogens is 378 g/mol. The zero-order valence-electron chi connectivity index (χ0n) is 16.9. The van der Waals surface area contributed by atoms with Crippen LogP contribution >= 0.6 is 0 Å². The molecule has 5 aliphatic rings. The largest absolute Gasteiger partial charge is 0.619 e. The van der Waals surface area contributed by atoms with Crippen molar-refractivity contribution in [2.24, 2.45) is 23.7 Å². The molecule has 0 N–H and O–H groups in total. The van der Waals surface area contributed by atoms with Gasteiger partial charge < -0.3 is 19.4 Å². The van der Waals surface area contributed by atoms with Gasteiger partial charge in [-0.15, -0.1) is 0 Å². The normalized spacial score (nSPS) is 45.9. The molecule has 1 saturated carbocycles. The molecule has 4 aliphatic heterocycles. The first-order valence-corrected chi connectivity index (χ1v) is 10.4. The second-order valence-electron chi connectivity index (χ2n) is 9.13. The van der Waals surface area contributed by atoms with Gasteiger partial charge in [-0.2, -0.15) is 4.73 Å². The van der Waals surface area contributed by atoms with Gasteiger partial charge in [-0.3, -0.25) is 0 Å². The molecule has 1 aromatic rings. The van der Waals surface area contributed by atoms with Crippen LogP contribution in [0.25, 0.3) is 0 Å². The van der Waals surface area contributed by atoms with Gasteiger partial charge in [-0.1, -0.05) is 13.8 Å². The van der Waals surface area contributed by atoms with Crippen molar-refractivity contribution < 1.29 is 33.5 Å². The molecule has 0 amide bonds. The van der Waals surface area contributed by atoms with Crippen LogP contribution in [0.5, 0.6) is 0 Å². The third-order valence-electron chi connectivity index (χ3n) is 7.36. The molecule has 29 heavy (non-hydrogen) atoms. The van der Waals surface area contributed by atoms with E-state index in [-0.39, 0.29) is 17.8 Å². The Kier molecular flexibility index (Phi) is 4.40. The van der Waals surface area contributed by atoms with Crippen LogP contribution in [0.15, 0.2) is 24.5 Å². The zero-order valence-corrected chi connectivity index (χ0v) is 16.9. The lowest BCUT2D eigenvalue weighted by atomic mass is 9.58. The summed E-state index contributed by atoms with van der Waals surface area (Å²) >= 11 is 0. The highest BCUT2D eigenvalue weighted by Crippen LogP contribution is 2.60. The first kappa shape index (κ1) is 19.2. The number of carbonyl (C=O) groups is 1. The molecule has 1 aliphatic carbocycles. The first-order valence-electron chi connectivity index (χ1n) is 10.4. The number of ether oxygens (including phenoxy) is 3. The third kappa shape index (κ3) is 2.88. The number of esters is 1. The Morgan fingerprint density at radius 1 is 1.17 bits per heavy atom. The number of rotatable bonds is 2.